The smallest absolute Gasteiger partial charge is 0.253 e. The van der Waals surface area contributed by atoms with Gasteiger partial charge >= 0.3 is 0 Å². The Morgan fingerprint density at radius 2 is 2.00 bits per heavy atom. The van der Waals surface area contributed by atoms with Crippen LogP contribution in [0.2, 0.25) is 0 Å². The van der Waals surface area contributed by atoms with Crippen molar-refractivity contribution >= 4 is 17.5 Å². The Bertz CT molecular complexity index is 522. The Balaban J connectivity index is 1.95. The second-order valence-electron chi connectivity index (χ2n) is 5.86. The summed E-state index contributed by atoms with van der Waals surface area (Å²) in [5.41, 5.74) is 1.47. The number of hydrogen-bond donors (Lipinski definition) is 2. The van der Waals surface area contributed by atoms with Gasteiger partial charge in [-0.2, -0.15) is 0 Å². The highest BCUT2D eigenvalue weighted by molar-refractivity contribution is 5.95. The predicted octanol–water partition coefficient (Wildman–Crippen LogP) is 2.11. The molecule has 0 spiro atoms. The number of benzene rings is 1. The first-order valence-electron chi connectivity index (χ1n) is 8.00. The molecule has 0 radical (unpaired) electrons. The molecule has 1 aromatic carbocycles. The second kappa shape index (κ2) is 7.82. The lowest BCUT2D eigenvalue weighted by atomic mass is 9.98. The van der Waals surface area contributed by atoms with Crippen molar-refractivity contribution in [1.82, 2.24) is 10.2 Å². The van der Waals surface area contributed by atoms with E-state index in [0.29, 0.717) is 18.0 Å². The highest BCUT2D eigenvalue weighted by Crippen LogP contribution is 2.19. The molecule has 0 bridgehead atoms. The maximum Gasteiger partial charge on any atom is 0.253 e. The minimum absolute atomic E-state index is 0.0516. The van der Waals surface area contributed by atoms with Crippen molar-refractivity contribution in [3.05, 3.63) is 29.8 Å². The number of nitrogens with one attached hydrogen (secondary N) is 2. The summed E-state index contributed by atoms with van der Waals surface area (Å²) in [6.45, 7) is 6.61. The van der Waals surface area contributed by atoms with Crippen LogP contribution in [0.4, 0.5) is 5.69 Å². The number of carbonyl (C=O) groups excluding carboxylic acids is 2. The second-order valence-corrected chi connectivity index (χ2v) is 5.86. The first-order valence-corrected chi connectivity index (χ1v) is 8.00. The molecule has 2 rings (SSSR count). The summed E-state index contributed by atoms with van der Waals surface area (Å²) in [6, 6.07) is 7.37. The van der Waals surface area contributed by atoms with E-state index in [-0.39, 0.29) is 18.4 Å². The van der Waals surface area contributed by atoms with Crippen LogP contribution < -0.4 is 10.6 Å². The van der Waals surface area contributed by atoms with Crippen LogP contribution in [0.25, 0.3) is 0 Å². The number of rotatable bonds is 5. The number of anilines is 1. The monoisotopic (exact) mass is 303 g/mol. The van der Waals surface area contributed by atoms with E-state index >= 15 is 0 Å². The molecule has 1 aromatic rings. The number of hydrogen-bond acceptors (Lipinski definition) is 3. The van der Waals surface area contributed by atoms with Crippen LogP contribution in [0.1, 0.15) is 37.0 Å². The quantitative estimate of drug-likeness (QED) is 0.876. The van der Waals surface area contributed by atoms with Crippen molar-refractivity contribution in [2.45, 2.75) is 26.7 Å². The fraction of sp³-hybridized carbons (Fsp3) is 0.529. The highest BCUT2D eigenvalue weighted by atomic mass is 16.2. The molecule has 2 N–H and O–H groups in total. The molecule has 0 aliphatic carbocycles. The number of likely N-dealkylation sites (N-methyl/N-ethyl adjacent to an activating group) is 1. The minimum Gasteiger partial charge on any atom is -0.376 e. The lowest BCUT2D eigenvalue weighted by Gasteiger charge is -2.30. The van der Waals surface area contributed by atoms with Crippen LogP contribution >= 0.6 is 0 Å². The summed E-state index contributed by atoms with van der Waals surface area (Å²) >= 11 is 0. The van der Waals surface area contributed by atoms with Crippen molar-refractivity contribution in [2.24, 2.45) is 5.92 Å². The van der Waals surface area contributed by atoms with Gasteiger partial charge in [-0.25, -0.2) is 0 Å². The fourth-order valence-electron chi connectivity index (χ4n) is 2.60. The average Bonchev–Trinajstić information content (AvgIpc) is 2.53. The summed E-state index contributed by atoms with van der Waals surface area (Å²) < 4.78 is 0. The Morgan fingerprint density at radius 3 is 2.68 bits per heavy atom. The number of carbonyl (C=O) groups is 2. The van der Waals surface area contributed by atoms with Gasteiger partial charge in [-0.05, 0) is 43.9 Å². The van der Waals surface area contributed by atoms with Gasteiger partial charge in [0, 0.05) is 30.9 Å². The molecule has 1 heterocycles. The molecular weight excluding hydrogens is 278 g/mol. The minimum atomic E-state index is -0.0516. The largest absolute Gasteiger partial charge is 0.376 e. The summed E-state index contributed by atoms with van der Waals surface area (Å²) in [5.74, 6) is 0.729. The molecule has 5 heteroatoms. The molecule has 2 amide bonds. The first kappa shape index (κ1) is 16.3. The van der Waals surface area contributed by atoms with Gasteiger partial charge < -0.3 is 15.5 Å². The van der Waals surface area contributed by atoms with Gasteiger partial charge in [-0.1, -0.05) is 13.0 Å². The topological polar surface area (TPSA) is 61.4 Å². The van der Waals surface area contributed by atoms with Gasteiger partial charge in [-0.15, -0.1) is 0 Å². The molecule has 5 nitrogen and oxygen atoms in total. The highest BCUT2D eigenvalue weighted by Gasteiger charge is 2.21. The number of amides is 2. The fourth-order valence-corrected chi connectivity index (χ4v) is 2.60. The third kappa shape index (κ3) is 4.48. The maximum atomic E-state index is 12.5. The van der Waals surface area contributed by atoms with Crippen LogP contribution in [0, 0.1) is 5.92 Å². The zero-order valence-corrected chi connectivity index (χ0v) is 13.4. The van der Waals surface area contributed by atoms with E-state index in [2.05, 4.69) is 17.6 Å². The Morgan fingerprint density at radius 1 is 1.27 bits per heavy atom. The van der Waals surface area contributed by atoms with E-state index in [1.165, 1.54) is 0 Å². The molecule has 1 fully saturated rings. The zero-order valence-electron chi connectivity index (χ0n) is 13.4. The van der Waals surface area contributed by atoms with Gasteiger partial charge in [0.1, 0.15) is 0 Å². The van der Waals surface area contributed by atoms with Crippen molar-refractivity contribution in [2.75, 3.05) is 31.5 Å². The molecule has 1 saturated heterocycles. The van der Waals surface area contributed by atoms with Gasteiger partial charge in [0.15, 0.2) is 0 Å². The molecule has 1 aliphatic heterocycles. The Labute approximate surface area is 132 Å². The van der Waals surface area contributed by atoms with E-state index in [1.54, 1.807) is 0 Å². The van der Waals surface area contributed by atoms with Crippen molar-refractivity contribution in [3.8, 4) is 0 Å². The lowest BCUT2D eigenvalue weighted by Crippen LogP contribution is -2.37. The van der Waals surface area contributed by atoms with Crippen molar-refractivity contribution in [1.29, 1.82) is 0 Å². The molecule has 22 heavy (non-hydrogen) atoms. The third-order valence-corrected chi connectivity index (χ3v) is 4.01. The SMILES string of the molecule is CCNC(=O)CNc1cccc(C(=O)N2CCC(C)CC2)c1. The van der Waals surface area contributed by atoms with E-state index in [4.69, 9.17) is 0 Å². The maximum absolute atomic E-state index is 12.5. The van der Waals surface area contributed by atoms with Gasteiger partial charge in [0.05, 0.1) is 6.54 Å². The van der Waals surface area contributed by atoms with E-state index in [0.717, 1.165) is 31.6 Å². The molecule has 0 atom stereocenters. The van der Waals surface area contributed by atoms with Crippen LogP contribution in [0.3, 0.4) is 0 Å². The van der Waals surface area contributed by atoms with Gasteiger partial charge in [0.25, 0.3) is 5.91 Å². The lowest BCUT2D eigenvalue weighted by molar-refractivity contribution is -0.119. The van der Waals surface area contributed by atoms with Gasteiger partial charge in [0.2, 0.25) is 5.91 Å². The molecule has 0 saturated carbocycles. The molecule has 0 aromatic heterocycles. The molecule has 1 aliphatic rings. The summed E-state index contributed by atoms with van der Waals surface area (Å²) in [5, 5.41) is 5.78. The average molecular weight is 303 g/mol. The van der Waals surface area contributed by atoms with E-state index in [9.17, 15) is 9.59 Å². The third-order valence-electron chi connectivity index (χ3n) is 4.01. The molecule has 0 unspecified atom stereocenters. The van der Waals surface area contributed by atoms with Crippen molar-refractivity contribution < 1.29 is 9.59 Å². The van der Waals surface area contributed by atoms with E-state index in [1.807, 2.05) is 36.1 Å². The van der Waals surface area contributed by atoms with Crippen LogP contribution in [0.15, 0.2) is 24.3 Å². The van der Waals surface area contributed by atoms with Gasteiger partial charge in [-0.3, -0.25) is 9.59 Å². The normalized spacial score (nSPS) is 15.5. The summed E-state index contributed by atoms with van der Waals surface area (Å²) in [6.07, 6.45) is 2.14. The Hall–Kier alpha value is -2.04. The molecule has 120 valence electrons. The molecular formula is C17H25N3O2. The predicted molar refractivity (Wildman–Crippen MR) is 87.9 cm³/mol. The number of piperidine rings is 1. The summed E-state index contributed by atoms with van der Waals surface area (Å²) in [4.78, 5) is 25.9. The number of nitrogens with zero attached hydrogens (tertiary/aromatic N) is 1. The van der Waals surface area contributed by atoms with Crippen LogP contribution in [-0.4, -0.2) is 42.9 Å². The number of likely N-dealkylation sites (tertiary alicyclic amines) is 1. The van der Waals surface area contributed by atoms with Crippen molar-refractivity contribution in [3.63, 3.8) is 0 Å². The standard InChI is InChI=1S/C17H25N3O2/c1-3-18-16(21)12-19-15-6-4-5-14(11-15)17(22)20-9-7-13(2)8-10-20/h4-6,11,13,19H,3,7-10,12H2,1-2H3,(H,18,21). The summed E-state index contributed by atoms with van der Waals surface area (Å²) in [7, 11) is 0. The van der Waals surface area contributed by atoms with Crippen LogP contribution in [-0.2, 0) is 4.79 Å². The van der Waals surface area contributed by atoms with Crippen LogP contribution in [0.5, 0.6) is 0 Å². The first-order chi connectivity index (χ1) is 10.6. The zero-order chi connectivity index (χ0) is 15.9. The Kier molecular flexibility index (Phi) is 5.81. The van der Waals surface area contributed by atoms with E-state index < -0.39 is 0 Å².